The molecule has 0 aliphatic heterocycles. The highest BCUT2D eigenvalue weighted by Crippen LogP contribution is 2.59. The van der Waals surface area contributed by atoms with Gasteiger partial charge in [0.2, 0.25) is 0 Å². The number of hydrogen-bond donors (Lipinski definition) is 1. The third kappa shape index (κ3) is 1.91. The van der Waals surface area contributed by atoms with E-state index < -0.39 is 9.93 Å². The van der Waals surface area contributed by atoms with E-state index >= 15 is 0 Å². The van der Waals surface area contributed by atoms with Gasteiger partial charge in [0.15, 0.2) is 9.93 Å². The molecule has 1 aliphatic carbocycles. The van der Waals surface area contributed by atoms with Crippen molar-refractivity contribution in [3.05, 3.63) is 95.6 Å². The van der Waals surface area contributed by atoms with Crippen LogP contribution in [-0.4, -0.2) is 5.11 Å². The van der Waals surface area contributed by atoms with Gasteiger partial charge in [-0.25, -0.2) is 0 Å². The van der Waals surface area contributed by atoms with E-state index in [1.54, 1.807) is 0 Å². The van der Waals surface area contributed by atoms with Crippen molar-refractivity contribution in [3.8, 4) is 11.1 Å². The van der Waals surface area contributed by atoms with Gasteiger partial charge in [0, 0.05) is 0 Å². The maximum absolute atomic E-state index is 11.7. The van der Waals surface area contributed by atoms with Gasteiger partial charge in [-0.2, -0.15) is 0 Å². The van der Waals surface area contributed by atoms with Crippen LogP contribution in [0.5, 0.6) is 0 Å². The molecule has 0 saturated carbocycles. The molecule has 0 spiro atoms. The highest BCUT2D eigenvalue weighted by atomic mass is 35.5. The van der Waals surface area contributed by atoms with Crippen molar-refractivity contribution in [3.63, 3.8) is 0 Å². The molecule has 0 unspecified atom stereocenters. The van der Waals surface area contributed by atoms with E-state index in [1.807, 2.05) is 78.9 Å². The number of rotatable bonds is 2. The molecule has 0 fully saturated rings. The lowest BCUT2D eigenvalue weighted by atomic mass is 9.84. The lowest BCUT2D eigenvalue weighted by Crippen LogP contribution is -2.41. The Bertz CT molecular complexity index is 826. The molecule has 23 heavy (non-hydrogen) atoms. The fraction of sp³-hybridized carbons (Fsp3) is 0.100. The third-order valence-corrected chi connectivity index (χ3v) is 5.50. The van der Waals surface area contributed by atoms with Gasteiger partial charge in [-0.15, -0.1) is 0 Å². The van der Waals surface area contributed by atoms with Crippen LogP contribution in [0.3, 0.4) is 0 Å². The zero-order valence-electron chi connectivity index (χ0n) is 12.2. The lowest BCUT2D eigenvalue weighted by Gasteiger charge is -2.37. The van der Waals surface area contributed by atoms with Crippen LogP contribution in [0.15, 0.2) is 78.9 Å². The van der Waals surface area contributed by atoms with Crippen LogP contribution in [0.25, 0.3) is 11.1 Å². The summed E-state index contributed by atoms with van der Waals surface area (Å²) in [7, 11) is 0. The van der Waals surface area contributed by atoms with Gasteiger partial charge >= 0.3 is 0 Å². The number of alkyl halides is 2. The Kier molecular flexibility index (Phi) is 3.28. The first-order valence-corrected chi connectivity index (χ1v) is 8.17. The fourth-order valence-electron chi connectivity index (χ4n) is 3.41. The number of benzene rings is 3. The van der Waals surface area contributed by atoms with E-state index in [1.165, 1.54) is 0 Å². The fourth-order valence-corrected chi connectivity index (χ4v) is 4.07. The summed E-state index contributed by atoms with van der Waals surface area (Å²) in [6, 6.07) is 24.7. The molecule has 0 amide bonds. The van der Waals surface area contributed by atoms with Crippen LogP contribution in [0.1, 0.15) is 16.7 Å². The van der Waals surface area contributed by atoms with Gasteiger partial charge < -0.3 is 5.11 Å². The topological polar surface area (TPSA) is 20.2 Å². The molecular weight excluding hydrogens is 327 g/mol. The normalized spacial score (nSPS) is 15.1. The van der Waals surface area contributed by atoms with E-state index in [4.69, 9.17) is 23.2 Å². The summed E-state index contributed by atoms with van der Waals surface area (Å²) in [5.74, 6) is 0. The molecule has 0 atom stereocenters. The van der Waals surface area contributed by atoms with Crippen molar-refractivity contribution < 1.29 is 5.11 Å². The highest BCUT2D eigenvalue weighted by molar-refractivity contribution is 6.49. The first kappa shape index (κ1) is 14.8. The molecule has 1 aliphatic rings. The molecule has 0 radical (unpaired) electrons. The SMILES string of the molecule is OC1(C(Cl)(Cl)c2ccccc2)c2ccccc2-c2ccccc21. The Balaban J connectivity index is 2.04. The summed E-state index contributed by atoms with van der Waals surface area (Å²) in [4.78, 5) is 0. The minimum absolute atomic E-state index is 0.664. The first-order chi connectivity index (χ1) is 11.1. The average Bonchev–Trinajstić information content (AvgIpc) is 2.87. The monoisotopic (exact) mass is 340 g/mol. The molecule has 3 heteroatoms. The Labute approximate surface area is 145 Å². The van der Waals surface area contributed by atoms with Crippen LogP contribution in [0, 0.1) is 0 Å². The van der Waals surface area contributed by atoms with Crippen LogP contribution in [-0.2, 0) is 9.93 Å². The molecule has 1 N–H and O–H groups in total. The predicted molar refractivity (Wildman–Crippen MR) is 94.7 cm³/mol. The van der Waals surface area contributed by atoms with Crippen molar-refractivity contribution in [1.29, 1.82) is 0 Å². The standard InChI is InChI=1S/C20H14Cl2O/c21-20(22,14-8-2-1-3-9-14)19(23)17-12-6-4-10-15(17)16-11-5-7-13-18(16)19/h1-13,23H. The maximum Gasteiger partial charge on any atom is 0.179 e. The van der Waals surface area contributed by atoms with E-state index in [0.717, 1.165) is 22.3 Å². The van der Waals surface area contributed by atoms with E-state index in [9.17, 15) is 5.11 Å². The van der Waals surface area contributed by atoms with Crippen molar-refractivity contribution in [2.75, 3.05) is 0 Å². The minimum atomic E-state index is -1.51. The highest BCUT2D eigenvalue weighted by Gasteiger charge is 2.56. The molecular formula is C20H14Cl2O. The zero-order chi connectivity index (χ0) is 16.1. The molecule has 0 saturated heterocycles. The largest absolute Gasteiger partial charge is 0.377 e. The van der Waals surface area contributed by atoms with E-state index in [2.05, 4.69) is 0 Å². The lowest BCUT2D eigenvalue weighted by molar-refractivity contribution is 0.0655. The number of fused-ring (bicyclic) bond motifs is 3. The summed E-state index contributed by atoms with van der Waals surface area (Å²) in [5.41, 5.74) is 2.55. The second-order valence-electron chi connectivity index (χ2n) is 5.74. The predicted octanol–water partition coefficient (Wildman–Crippen LogP) is 5.23. The summed E-state index contributed by atoms with van der Waals surface area (Å²) < 4.78 is -1.50. The Morgan fingerprint density at radius 2 is 1.09 bits per heavy atom. The molecule has 0 bridgehead atoms. The number of hydrogen-bond acceptors (Lipinski definition) is 1. The first-order valence-electron chi connectivity index (χ1n) is 7.42. The molecule has 4 rings (SSSR count). The van der Waals surface area contributed by atoms with Crippen molar-refractivity contribution >= 4 is 23.2 Å². The summed E-state index contributed by atoms with van der Waals surface area (Å²) in [6.07, 6.45) is 0. The quantitative estimate of drug-likeness (QED) is 0.633. The minimum Gasteiger partial charge on any atom is -0.377 e. The van der Waals surface area contributed by atoms with Gasteiger partial charge in [0.05, 0.1) is 0 Å². The van der Waals surface area contributed by atoms with Gasteiger partial charge in [0.1, 0.15) is 0 Å². The zero-order valence-corrected chi connectivity index (χ0v) is 13.7. The Hall–Kier alpha value is -1.80. The second kappa shape index (κ2) is 5.10. The van der Waals surface area contributed by atoms with Crippen LogP contribution >= 0.6 is 23.2 Å². The Morgan fingerprint density at radius 1 is 0.652 bits per heavy atom. The number of halogens is 2. The smallest absolute Gasteiger partial charge is 0.179 e. The average molecular weight is 341 g/mol. The molecule has 114 valence electrons. The summed E-state index contributed by atoms with van der Waals surface area (Å²) >= 11 is 13.6. The second-order valence-corrected chi connectivity index (χ2v) is 7.07. The summed E-state index contributed by atoms with van der Waals surface area (Å²) in [6.45, 7) is 0. The van der Waals surface area contributed by atoms with E-state index in [0.29, 0.717) is 5.56 Å². The van der Waals surface area contributed by atoms with Crippen LogP contribution in [0.4, 0.5) is 0 Å². The van der Waals surface area contributed by atoms with Gasteiger partial charge in [0.25, 0.3) is 0 Å². The third-order valence-electron chi connectivity index (χ3n) is 4.51. The van der Waals surface area contributed by atoms with Crippen LogP contribution < -0.4 is 0 Å². The van der Waals surface area contributed by atoms with Gasteiger partial charge in [-0.1, -0.05) is 102 Å². The van der Waals surface area contributed by atoms with Crippen LogP contribution in [0.2, 0.25) is 0 Å². The maximum atomic E-state index is 11.7. The van der Waals surface area contributed by atoms with Crippen molar-refractivity contribution in [2.45, 2.75) is 9.93 Å². The van der Waals surface area contributed by atoms with Gasteiger partial charge in [-0.3, -0.25) is 0 Å². The molecule has 0 aromatic heterocycles. The van der Waals surface area contributed by atoms with Crippen molar-refractivity contribution in [1.82, 2.24) is 0 Å². The molecule has 3 aromatic carbocycles. The van der Waals surface area contributed by atoms with Crippen molar-refractivity contribution in [2.24, 2.45) is 0 Å². The molecule has 1 nitrogen and oxygen atoms in total. The van der Waals surface area contributed by atoms with Gasteiger partial charge in [-0.05, 0) is 27.8 Å². The van der Waals surface area contributed by atoms with E-state index in [-0.39, 0.29) is 0 Å². The Morgan fingerprint density at radius 3 is 1.61 bits per heavy atom. The molecule has 3 aromatic rings. The number of aliphatic hydroxyl groups is 1. The summed E-state index contributed by atoms with van der Waals surface area (Å²) in [5, 5.41) is 11.7. The molecule has 0 heterocycles.